The van der Waals surface area contributed by atoms with Crippen LogP contribution < -0.4 is 5.32 Å². The van der Waals surface area contributed by atoms with Crippen molar-refractivity contribution in [3.05, 3.63) is 35.6 Å². The number of benzene rings is 1. The predicted octanol–water partition coefficient (Wildman–Crippen LogP) is 2.37. The minimum atomic E-state index is -0.341. The van der Waals surface area contributed by atoms with Crippen molar-refractivity contribution in [3.63, 3.8) is 0 Å². The first-order valence-electron chi connectivity index (χ1n) is 5.75. The SMILES string of the molecule is CC(C)OCCCNC(=O)c1ccc(F)cc1. The van der Waals surface area contributed by atoms with Crippen LogP contribution >= 0.6 is 0 Å². The van der Waals surface area contributed by atoms with E-state index < -0.39 is 0 Å². The molecule has 0 aliphatic carbocycles. The molecular weight excluding hydrogens is 221 g/mol. The molecule has 17 heavy (non-hydrogen) atoms. The summed E-state index contributed by atoms with van der Waals surface area (Å²) in [6.45, 7) is 5.12. The molecule has 4 heteroatoms. The van der Waals surface area contributed by atoms with Crippen LogP contribution in [0.3, 0.4) is 0 Å². The van der Waals surface area contributed by atoms with Crippen LogP contribution in [0.4, 0.5) is 4.39 Å². The van der Waals surface area contributed by atoms with E-state index in [0.29, 0.717) is 18.7 Å². The van der Waals surface area contributed by atoms with E-state index in [1.165, 1.54) is 24.3 Å². The Hall–Kier alpha value is -1.42. The summed E-state index contributed by atoms with van der Waals surface area (Å²) in [7, 11) is 0. The third-order valence-electron chi connectivity index (χ3n) is 2.16. The lowest BCUT2D eigenvalue weighted by atomic mass is 10.2. The maximum absolute atomic E-state index is 12.6. The van der Waals surface area contributed by atoms with E-state index in [4.69, 9.17) is 4.74 Å². The van der Waals surface area contributed by atoms with Crippen molar-refractivity contribution < 1.29 is 13.9 Å². The van der Waals surface area contributed by atoms with Crippen molar-refractivity contribution in [2.45, 2.75) is 26.4 Å². The highest BCUT2D eigenvalue weighted by molar-refractivity contribution is 5.94. The van der Waals surface area contributed by atoms with Gasteiger partial charge in [-0.1, -0.05) is 0 Å². The van der Waals surface area contributed by atoms with Gasteiger partial charge < -0.3 is 10.1 Å². The first kappa shape index (κ1) is 13.6. The van der Waals surface area contributed by atoms with Crippen LogP contribution in [0.1, 0.15) is 30.6 Å². The van der Waals surface area contributed by atoms with E-state index in [2.05, 4.69) is 5.32 Å². The zero-order chi connectivity index (χ0) is 12.7. The summed E-state index contributed by atoms with van der Waals surface area (Å²) in [6.07, 6.45) is 0.980. The maximum atomic E-state index is 12.6. The summed E-state index contributed by atoms with van der Waals surface area (Å²) >= 11 is 0. The van der Waals surface area contributed by atoms with Gasteiger partial charge in [0.1, 0.15) is 5.82 Å². The van der Waals surface area contributed by atoms with Crippen molar-refractivity contribution in [2.24, 2.45) is 0 Å². The van der Waals surface area contributed by atoms with Crippen molar-refractivity contribution in [3.8, 4) is 0 Å². The van der Waals surface area contributed by atoms with Gasteiger partial charge in [-0.15, -0.1) is 0 Å². The molecule has 1 amide bonds. The number of ether oxygens (including phenoxy) is 1. The summed E-state index contributed by atoms with van der Waals surface area (Å²) in [4.78, 5) is 11.6. The Kier molecular flexibility index (Phi) is 5.63. The van der Waals surface area contributed by atoms with Gasteiger partial charge in [-0.05, 0) is 44.5 Å². The van der Waals surface area contributed by atoms with Gasteiger partial charge in [-0.2, -0.15) is 0 Å². The molecule has 3 nitrogen and oxygen atoms in total. The molecule has 1 aromatic carbocycles. The lowest BCUT2D eigenvalue weighted by Crippen LogP contribution is -2.25. The highest BCUT2D eigenvalue weighted by atomic mass is 19.1. The molecule has 0 heterocycles. The third kappa shape index (κ3) is 5.45. The summed E-state index contributed by atoms with van der Waals surface area (Å²) in [5.74, 6) is -0.526. The second-order valence-electron chi connectivity index (χ2n) is 4.04. The molecule has 0 spiro atoms. The van der Waals surface area contributed by atoms with Crippen LogP contribution in [0.5, 0.6) is 0 Å². The number of halogens is 1. The first-order chi connectivity index (χ1) is 8.09. The molecule has 1 rings (SSSR count). The van der Waals surface area contributed by atoms with Gasteiger partial charge in [-0.3, -0.25) is 4.79 Å². The van der Waals surface area contributed by atoms with E-state index in [1.54, 1.807) is 0 Å². The summed E-state index contributed by atoms with van der Waals surface area (Å²) in [6, 6.07) is 5.48. The smallest absolute Gasteiger partial charge is 0.251 e. The number of carbonyl (C=O) groups is 1. The molecular formula is C13H18FNO2. The Bertz CT molecular complexity index is 349. The van der Waals surface area contributed by atoms with Crippen LogP contribution in [-0.2, 0) is 4.74 Å². The number of nitrogens with one attached hydrogen (secondary N) is 1. The minimum Gasteiger partial charge on any atom is -0.379 e. The summed E-state index contributed by atoms with van der Waals surface area (Å²) in [5, 5.41) is 2.75. The van der Waals surface area contributed by atoms with Gasteiger partial charge in [0.2, 0.25) is 0 Å². The second-order valence-corrected chi connectivity index (χ2v) is 4.04. The predicted molar refractivity (Wildman–Crippen MR) is 64.4 cm³/mol. The number of rotatable bonds is 6. The van der Waals surface area contributed by atoms with E-state index in [-0.39, 0.29) is 17.8 Å². The standard InChI is InChI=1S/C13H18FNO2/c1-10(2)17-9-3-8-15-13(16)11-4-6-12(14)7-5-11/h4-7,10H,3,8-9H2,1-2H3,(H,15,16). The van der Waals surface area contributed by atoms with E-state index in [9.17, 15) is 9.18 Å². The van der Waals surface area contributed by atoms with Gasteiger partial charge in [-0.25, -0.2) is 4.39 Å². The molecule has 94 valence electrons. The minimum absolute atomic E-state index is 0.186. The average Bonchev–Trinajstić information content (AvgIpc) is 2.29. The summed E-state index contributed by atoms with van der Waals surface area (Å²) in [5.41, 5.74) is 0.469. The molecule has 0 saturated heterocycles. The van der Waals surface area contributed by atoms with Crippen LogP contribution in [0.25, 0.3) is 0 Å². The fourth-order valence-corrected chi connectivity index (χ4v) is 1.30. The largest absolute Gasteiger partial charge is 0.379 e. The lowest BCUT2D eigenvalue weighted by molar-refractivity contribution is 0.0757. The zero-order valence-electron chi connectivity index (χ0n) is 10.2. The lowest BCUT2D eigenvalue weighted by Gasteiger charge is -2.08. The zero-order valence-corrected chi connectivity index (χ0v) is 10.2. The fourth-order valence-electron chi connectivity index (χ4n) is 1.30. The second kappa shape index (κ2) is 7.01. The Morgan fingerprint density at radius 2 is 2.00 bits per heavy atom. The molecule has 0 radical (unpaired) electrons. The van der Waals surface area contributed by atoms with Gasteiger partial charge in [0.05, 0.1) is 6.10 Å². The monoisotopic (exact) mass is 239 g/mol. The highest BCUT2D eigenvalue weighted by Gasteiger charge is 2.04. The van der Waals surface area contributed by atoms with E-state index in [0.717, 1.165) is 6.42 Å². The Labute approximate surface area is 101 Å². The molecule has 0 saturated carbocycles. The molecule has 1 N–H and O–H groups in total. The van der Waals surface area contributed by atoms with Crippen LogP contribution in [-0.4, -0.2) is 25.2 Å². The number of hydrogen-bond acceptors (Lipinski definition) is 2. The average molecular weight is 239 g/mol. The Balaban J connectivity index is 2.23. The first-order valence-corrected chi connectivity index (χ1v) is 5.75. The van der Waals surface area contributed by atoms with Gasteiger partial charge in [0.15, 0.2) is 0 Å². The molecule has 0 unspecified atom stereocenters. The van der Waals surface area contributed by atoms with Crippen molar-refractivity contribution in [2.75, 3.05) is 13.2 Å². The van der Waals surface area contributed by atoms with Crippen molar-refractivity contribution in [1.82, 2.24) is 5.32 Å². The van der Waals surface area contributed by atoms with Crippen molar-refractivity contribution >= 4 is 5.91 Å². The fraction of sp³-hybridized carbons (Fsp3) is 0.462. The molecule has 1 aromatic rings. The van der Waals surface area contributed by atoms with E-state index >= 15 is 0 Å². The number of carbonyl (C=O) groups excluding carboxylic acids is 1. The van der Waals surface area contributed by atoms with Crippen LogP contribution in [0, 0.1) is 5.82 Å². The van der Waals surface area contributed by atoms with Crippen molar-refractivity contribution in [1.29, 1.82) is 0 Å². The third-order valence-corrected chi connectivity index (χ3v) is 2.16. The van der Waals surface area contributed by atoms with Gasteiger partial charge in [0.25, 0.3) is 5.91 Å². The van der Waals surface area contributed by atoms with Crippen LogP contribution in [0.2, 0.25) is 0 Å². The summed E-state index contributed by atoms with van der Waals surface area (Å²) < 4.78 is 18.0. The molecule has 0 bridgehead atoms. The quantitative estimate of drug-likeness (QED) is 0.774. The molecule has 0 fully saturated rings. The molecule has 0 aliphatic rings. The normalized spacial score (nSPS) is 10.6. The van der Waals surface area contributed by atoms with Crippen LogP contribution in [0.15, 0.2) is 24.3 Å². The highest BCUT2D eigenvalue weighted by Crippen LogP contribution is 2.02. The maximum Gasteiger partial charge on any atom is 0.251 e. The number of amides is 1. The number of hydrogen-bond donors (Lipinski definition) is 1. The van der Waals surface area contributed by atoms with E-state index in [1.807, 2.05) is 13.8 Å². The Morgan fingerprint density at radius 1 is 1.35 bits per heavy atom. The molecule has 0 aromatic heterocycles. The molecule has 0 aliphatic heterocycles. The van der Waals surface area contributed by atoms with Gasteiger partial charge >= 0.3 is 0 Å². The molecule has 0 atom stereocenters. The topological polar surface area (TPSA) is 38.3 Å². The Morgan fingerprint density at radius 3 is 2.59 bits per heavy atom. The van der Waals surface area contributed by atoms with Gasteiger partial charge in [0, 0.05) is 18.7 Å².